The van der Waals surface area contributed by atoms with E-state index in [-0.39, 0.29) is 5.91 Å². The van der Waals surface area contributed by atoms with E-state index in [0.29, 0.717) is 24.9 Å². The molecule has 2 rings (SSSR count). The van der Waals surface area contributed by atoms with Crippen LogP contribution in [0.2, 0.25) is 0 Å². The Morgan fingerprint density at radius 1 is 1.18 bits per heavy atom. The summed E-state index contributed by atoms with van der Waals surface area (Å²) in [6.45, 7) is 0.591. The predicted molar refractivity (Wildman–Crippen MR) is 90.1 cm³/mol. The maximum Gasteiger partial charge on any atom is 0.222 e. The van der Waals surface area contributed by atoms with Crippen molar-refractivity contribution in [2.45, 2.75) is 19.4 Å². The van der Waals surface area contributed by atoms with E-state index in [1.807, 2.05) is 43.4 Å². The monoisotopic (exact) mass is 356 g/mol. The molecule has 0 atom stereocenters. The number of halogens is 1. The summed E-state index contributed by atoms with van der Waals surface area (Å²) >= 11 is 3.50. The van der Waals surface area contributed by atoms with Gasteiger partial charge in [0, 0.05) is 24.5 Å². The molecular formula is C18H17BrN2O. The van der Waals surface area contributed by atoms with Crippen molar-refractivity contribution in [1.29, 1.82) is 5.26 Å². The second kappa shape index (κ2) is 7.77. The van der Waals surface area contributed by atoms with Crippen LogP contribution in [0.15, 0.2) is 53.0 Å². The lowest BCUT2D eigenvalue weighted by molar-refractivity contribution is -0.130. The summed E-state index contributed by atoms with van der Waals surface area (Å²) in [5.41, 5.74) is 2.81. The van der Waals surface area contributed by atoms with Gasteiger partial charge in [0.15, 0.2) is 0 Å². The number of nitriles is 1. The molecule has 1 amide bonds. The molecule has 2 aromatic rings. The Kier molecular flexibility index (Phi) is 5.74. The number of benzene rings is 2. The van der Waals surface area contributed by atoms with Crippen molar-refractivity contribution >= 4 is 21.8 Å². The molecule has 0 saturated heterocycles. The molecule has 0 heterocycles. The standard InChI is InChI=1S/C18H17BrN2O/c1-21(13-16-4-2-3-5-17(16)19)18(22)11-10-14-6-8-15(12-20)9-7-14/h2-9H,10-11,13H2,1H3. The first-order chi connectivity index (χ1) is 10.6. The molecule has 0 saturated carbocycles. The Morgan fingerprint density at radius 3 is 2.50 bits per heavy atom. The SMILES string of the molecule is CN(Cc1ccccc1Br)C(=O)CCc1ccc(C#N)cc1. The molecule has 3 nitrogen and oxygen atoms in total. The summed E-state index contributed by atoms with van der Waals surface area (Å²) in [5.74, 6) is 0.111. The lowest BCUT2D eigenvalue weighted by atomic mass is 10.1. The highest BCUT2D eigenvalue weighted by Crippen LogP contribution is 2.17. The van der Waals surface area contributed by atoms with Crippen molar-refractivity contribution in [2.75, 3.05) is 7.05 Å². The van der Waals surface area contributed by atoms with Crippen molar-refractivity contribution in [3.63, 3.8) is 0 Å². The molecule has 2 aromatic carbocycles. The summed E-state index contributed by atoms with van der Waals surface area (Å²) in [7, 11) is 1.82. The fourth-order valence-corrected chi connectivity index (χ4v) is 2.57. The minimum absolute atomic E-state index is 0.111. The quantitative estimate of drug-likeness (QED) is 0.814. The van der Waals surface area contributed by atoms with E-state index in [0.717, 1.165) is 15.6 Å². The normalized spacial score (nSPS) is 10.0. The lowest BCUT2D eigenvalue weighted by Gasteiger charge is -2.18. The molecule has 0 radical (unpaired) electrons. The molecule has 0 fully saturated rings. The summed E-state index contributed by atoms with van der Waals surface area (Å²) in [5, 5.41) is 8.77. The number of hydrogen-bond acceptors (Lipinski definition) is 2. The van der Waals surface area contributed by atoms with Gasteiger partial charge in [0.05, 0.1) is 11.6 Å². The Labute approximate surface area is 139 Å². The van der Waals surface area contributed by atoms with E-state index in [9.17, 15) is 4.79 Å². The van der Waals surface area contributed by atoms with Crippen LogP contribution in [0.1, 0.15) is 23.1 Å². The van der Waals surface area contributed by atoms with Crippen LogP contribution in [0, 0.1) is 11.3 Å². The zero-order chi connectivity index (χ0) is 15.9. The van der Waals surface area contributed by atoms with Crippen molar-refractivity contribution in [1.82, 2.24) is 4.90 Å². The molecule has 0 aliphatic carbocycles. The van der Waals surface area contributed by atoms with Crippen molar-refractivity contribution in [2.24, 2.45) is 0 Å². The van der Waals surface area contributed by atoms with Crippen LogP contribution in [0.3, 0.4) is 0 Å². The maximum atomic E-state index is 12.2. The van der Waals surface area contributed by atoms with E-state index in [4.69, 9.17) is 5.26 Å². The minimum atomic E-state index is 0.111. The molecule has 0 aromatic heterocycles. The zero-order valence-electron chi connectivity index (χ0n) is 12.4. The number of aryl methyl sites for hydroxylation is 1. The number of nitrogens with zero attached hydrogens (tertiary/aromatic N) is 2. The molecule has 0 unspecified atom stereocenters. The Hall–Kier alpha value is -2.12. The summed E-state index contributed by atoms with van der Waals surface area (Å²) in [6, 6.07) is 17.4. The third kappa shape index (κ3) is 4.44. The largest absolute Gasteiger partial charge is 0.341 e. The molecule has 0 spiro atoms. The van der Waals surface area contributed by atoms with Gasteiger partial charge in [-0.15, -0.1) is 0 Å². The fourth-order valence-electron chi connectivity index (χ4n) is 2.16. The van der Waals surface area contributed by atoms with Gasteiger partial charge in [0.25, 0.3) is 0 Å². The topological polar surface area (TPSA) is 44.1 Å². The number of carbonyl (C=O) groups excluding carboxylic acids is 1. The summed E-state index contributed by atoms with van der Waals surface area (Å²) in [6.07, 6.45) is 1.15. The third-order valence-corrected chi connectivity index (χ3v) is 4.28. The molecule has 22 heavy (non-hydrogen) atoms. The number of rotatable bonds is 5. The minimum Gasteiger partial charge on any atom is -0.341 e. The first kappa shape index (κ1) is 16.3. The van der Waals surface area contributed by atoms with Crippen LogP contribution in [-0.4, -0.2) is 17.9 Å². The molecule has 0 aliphatic rings. The van der Waals surface area contributed by atoms with Crippen molar-refractivity contribution in [3.05, 3.63) is 69.7 Å². The van der Waals surface area contributed by atoms with E-state index in [2.05, 4.69) is 22.0 Å². The molecule has 0 aliphatic heterocycles. The van der Waals surface area contributed by atoms with Gasteiger partial charge in [-0.2, -0.15) is 5.26 Å². The third-order valence-electron chi connectivity index (χ3n) is 3.50. The van der Waals surface area contributed by atoms with Gasteiger partial charge in [-0.3, -0.25) is 4.79 Å². The van der Waals surface area contributed by atoms with Gasteiger partial charge < -0.3 is 4.90 Å². The Morgan fingerprint density at radius 2 is 1.86 bits per heavy atom. The first-order valence-electron chi connectivity index (χ1n) is 7.06. The van der Waals surface area contributed by atoms with Gasteiger partial charge in [-0.05, 0) is 35.7 Å². The van der Waals surface area contributed by atoms with Crippen LogP contribution in [0.4, 0.5) is 0 Å². The second-order valence-corrected chi connectivity index (χ2v) is 6.00. The van der Waals surface area contributed by atoms with Crippen LogP contribution in [0.5, 0.6) is 0 Å². The lowest BCUT2D eigenvalue weighted by Crippen LogP contribution is -2.26. The van der Waals surface area contributed by atoms with Gasteiger partial charge in [-0.1, -0.05) is 46.3 Å². The van der Waals surface area contributed by atoms with Crippen molar-refractivity contribution in [3.8, 4) is 6.07 Å². The molecule has 4 heteroatoms. The number of carbonyl (C=O) groups is 1. The highest BCUT2D eigenvalue weighted by Gasteiger charge is 2.10. The van der Waals surface area contributed by atoms with Gasteiger partial charge >= 0.3 is 0 Å². The van der Waals surface area contributed by atoms with Crippen molar-refractivity contribution < 1.29 is 4.79 Å². The maximum absolute atomic E-state index is 12.2. The second-order valence-electron chi connectivity index (χ2n) is 5.15. The highest BCUT2D eigenvalue weighted by molar-refractivity contribution is 9.10. The molecular weight excluding hydrogens is 340 g/mol. The van der Waals surface area contributed by atoms with E-state index >= 15 is 0 Å². The highest BCUT2D eigenvalue weighted by atomic mass is 79.9. The van der Waals surface area contributed by atoms with Crippen LogP contribution in [-0.2, 0) is 17.8 Å². The summed E-state index contributed by atoms with van der Waals surface area (Å²) < 4.78 is 1.02. The fraction of sp³-hybridized carbons (Fsp3) is 0.222. The average Bonchev–Trinajstić information content (AvgIpc) is 2.55. The first-order valence-corrected chi connectivity index (χ1v) is 7.86. The van der Waals surface area contributed by atoms with Crippen LogP contribution >= 0.6 is 15.9 Å². The van der Waals surface area contributed by atoms with E-state index in [1.54, 1.807) is 17.0 Å². The molecule has 0 bridgehead atoms. The van der Waals surface area contributed by atoms with E-state index in [1.165, 1.54) is 0 Å². The average molecular weight is 357 g/mol. The Bertz CT molecular complexity index is 689. The number of hydrogen-bond donors (Lipinski definition) is 0. The smallest absolute Gasteiger partial charge is 0.222 e. The summed E-state index contributed by atoms with van der Waals surface area (Å²) in [4.78, 5) is 14.0. The van der Waals surface area contributed by atoms with E-state index < -0.39 is 0 Å². The molecule has 112 valence electrons. The Balaban J connectivity index is 1.88. The van der Waals surface area contributed by atoms with Gasteiger partial charge in [0.1, 0.15) is 0 Å². The predicted octanol–water partition coefficient (Wildman–Crippen LogP) is 3.91. The van der Waals surface area contributed by atoms with Gasteiger partial charge in [-0.25, -0.2) is 0 Å². The zero-order valence-corrected chi connectivity index (χ0v) is 14.0. The van der Waals surface area contributed by atoms with Crippen LogP contribution < -0.4 is 0 Å². The number of amides is 1. The van der Waals surface area contributed by atoms with Gasteiger partial charge in [0.2, 0.25) is 5.91 Å². The molecule has 0 N–H and O–H groups in total. The van der Waals surface area contributed by atoms with Crippen LogP contribution in [0.25, 0.3) is 0 Å².